The van der Waals surface area contributed by atoms with Gasteiger partial charge in [-0.05, 0) is 97.2 Å². The van der Waals surface area contributed by atoms with E-state index >= 15 is 0 Å². The summed E-state index contributed by atoms with van der Waals surface area (Å²) in [4.78, 5) is 65.5. The Morgan fingerprint density at radius 1 is 0.516 bits per heavy atom. The molecule has 0 radical (unpaired) electrons. The van der Waals surface area contributed by atoms with E-state index in [-0.39, 0.29) is 18.1 Å². The summed E-state index contributed by atoms with van der Waals surface area (Å²) in [5, 5.41) is 64.9. The number of ketones is 1. The van der Waals surface area contributed by atoms with Crippen LogP contribution in [0.1, 0.15) is 82.4 Å². The number of aliphatic carboxylic acids is 1. The van der Waals surface area contributed by atoms with Crippen LogP contribution in [0.3, 0.4) is 0 Å². The van der Waals surface area contributed by atoms with Gasteiger partial charge in [-0.2, -0.15) is 0 Å². The first kappa shape index (κ1) is 51.0. The lowest BCUT2D eigenvalue weighted by atomic mass is 9.96. The number of carbonyl (C=O) groups excluding carboxylic acids is 4. The summed E-state index contributed by atoms with van der Waals surface area (Å²) in [6.45, 7) is 12.2. The monoisotopic (exact) mass is 883 g/mol. The molecule has 16 heteroatoms. The second-order valence-electron chi connectivity index (χ2n) is 18.0. The van der Waals surface area contributed by atoms with Gasteiger partial charge in [0.25, 0.3) is 0 Å². The Kier molecular flexibility index (Phi) is 17.4. The summed E-state index contributed by atoms with van der Waals surface area (Å²) in [6, 6.07) is 25.3. The topological polar surface area (TPSA) is 250 Å². The molecule has 0 aliphatic rings. The number of benzene rings is 4. The van der Waals surface area contributed by atoms with E-state index in [9.17, 15) is 44.4 Å². The molecule has 0 heterocycles. The molecule has 0 bridgehead atoms. The first-order chi connectivity index (χ1) is 29.9. The third kappa shape index (κ3) is 14.0. The van der Waals surface area contributed by atoms with E-state index in [1.165, 1.54) is 41.5 Å². The molecular formula is C48H65N7O9. The molecule has 64 heavy (non-hydrogen) atoms. The maximum Gasteiger partial charge on any atom is 0.320 e. The minimum atomic E-state index is -1.56. The molecule has 4 rings (SSSR count). The molecule has 4 aromatic carbocycles. The smallest absolute Gasteiger partial charge is 0.320 e. The Morgan fingerprint density at radius 2 is 0.953 bits per heavy atom. The van der Waals surface area contributed by atoms with Crippen LogP contribution in [-0.4, -0.2) is 116 Å². The molecule has 0 spiro atoms. The Morgan fingerprint density at radius 3 is 1.50 bits per heavy atom. The second-order valence-corrected chi connectivity index (χ2v) is 18.0. The number of carbonyl (C=O) groups is 5. The van der Waals surface area contributed by atoms with Gasteiger partial charge in [0.15, 0.2) is 5.78 Å². The van der Waals surface area contributed by atoms with Crippen LogP contribution < -0.4 is 37.2 Å². The summed E-state index contributed by atoms with van der Waals surface area (Å²) in [6.07, 6.45) is -4.06. The zero-order chi connectivity index (χ0) is 47.6. The molecule has 0 saturated carbocycles. The van der Waals surface area contributed by atoms with E-state index in [0.29, 0.717) is 23.1 Å². The van der Waals surface area contributed by atoms with E-state index in [1.54, 1.807) is 69.4 Å². The van der Waals surface area contributed by atoms with E-state index in [4.69, 9.17) is 0 Å². The molecule has 4 aromatic rings. The SMILES string of the molecule is CNC(Cc1ccc2ccccc2c1)C(=O)NC(C)(C)[C@@H](O)NC(C)C(=O)NC(C)(C)[C@@H](O)NC(Cc1ccc(C(=O)c2ccccc2)cc1)C(=O)NC(C)(C)[C@@H](O)NC(C)C(=O)O. The van der Waals surface area contributed by atoms with Crippen LogP contribution in [0.25, 0.3) is 10.8 Å². The molecule has 346 valence electrons. The zero-order valence-electron chi connectivity index (χ0n) is 38.0. The summed E-state index contributed by atoms with van der Waals surface area (Å²) in [5.74, 6) is -3.03. The largest absolute Gasteiger partial charge is 0.480 e. The highest BCUT2D eigenvalue weighted by Gasteiger charge is 2.39. The molecule has 0 fully saturated rings. The van der Waals surface area contributed by atoms with Crippen LogP contribution in [0.2, 0.25) is 0 Å². The van der Waals surface area contributed by atoms with Gasteiger partial charge >= 0.3 is 5.97 Å². The van der Waals surface area contributed by atoms with Crippen LogP contribution >= 0.6 is 0 Å². The number of likely N-dealkylation sites (N-methyl/N-ethyl adjacent to an activating group) is 1. The minimum absolute atomic E-state index is 0.0144. The predicted molar refractivity (Wildman–Crippen MR) is 245 cm³/mol. The maximum atomic E-state index is 14.0. The summed E-state index contributed by atoms with van der Waals surface area (Å²) < 4.78 is 0. The number of aliphatic hydroxyl groups is 3. The predicted octanol–water partition coefficient (Wildman–Crippen LogP) is 2.08. The molecule has 0 aliphatic heterocycles. The van der Waals surface area contributed by atoms with Crippen molar-refractivity contribution in [2.45, 2.75) is 128 Å². The fourth-order valence-electron chi connectivity index (χ4n) is 6.82. The normalized spacial score (nSPS) is 15.5. The van der Waals surface area contributed by atoms with Crippen molar-refractivity contribution in [3.63, 3.8) is 0 Å². The highest BCUT2D eigenvalue weighted by atomic mass is 16.4. The zero-order valence-corrected chi connectivity index (χ0v) is 38.0. The van der Waals surface area contributed by atoms with Crippen molar-refractivity contribution in [2.24, 2.45) is 0 Å². The van der Waals surface area contributed by atoms with E-state index in [0.717, 1.165) is 16.3 Å². The number of aliphatic hydroxyl groups excluding tert-OH is 3. The van der Waals surface area contributed by atoms with Crippen LogP contribution in [0, 0.1) is 0 Å². The van der Waals surface area contributed by atoms with Gasteiger partial charge in [-0.3, -0.25) is 39.9 Å². The Balaban J connectivity index is 1.43. The number of nitrogens with one attached hydrogen (secondary N) is 7. The Hall–Kier alpha value is -5.59. The number of amides is 3. The number of carboxylic acid groups (broad SMARTS) is 1. The van der Waals surface area contributed by atoms with Crippen molar-refractivity contribution in [3.05, 3.63) is 119 Å². The number of carboxylic acids is 1. The Labute approximate surface area is 375 Å². The number of rotatable bonds is 23. The fraction of sp³-hybridized carbons (Fsp3) is 0.438. The molecule has 16 nitrogen and oxygen atoms in total. The van der Waals surface area contributed by atoms with Crippen molar-refractivity contribution in [1.82, 2.24) is 37.2 Å². The van der Waals surface area contributed by atoms with Crippen LogP contribution in [0.15, 0.2) is 97.1 Å². The van der Waals surface area contributed by atoms with E-state index < -0.39 is 77.3 Å². The first-order valence-electron chi connectivity index (χ1n) is 21.3. The highest BCUT2D eigenvalue weighted by molar-refractivity contribution is 6.09. The van der Waals surface area contributed by atoms with Crippen molar-refractivity contribution < 1.29 is 44.4 Å². The lowest BCUT2D eigenvalue weighted by Crippen LogP contribution is -2.67. The van der Waals surface area contributed by atoms with Crippen molar-refractivity contribution in [3.8, 4) is 0 Å². The molecule has 0 aromatic heterocycles. The maximum absolute atomic E-state index is 14.0. The summed E-state index contributed by atoms with van der Waals surface area (Å²) >= 11 is 0. The van der Waals surface area contributed by atoms with Gasteiger partial charge in [0.2, 0.25) is 17.7 Å². The molecule has 3 amide bonds. The quantitative estimate of drug-likeness (QED) is 0.0378. The summed E-state index contributed by atoms with van der Waals surface area (Å²) in [5.41, 5.74) is -1.57. The lowest BCUT2D eigenvalue weighted by molar-refractivity contribution is -0.140. The number of fused-ring (bicyclic) bond motifs is 1. The Bertz CT molecular complexity index is 2230. The minimum Gasteiger partial charge on any atom is -0.480 e. The van der Waals surface area contributed by atoms with Gasteiger partial charge in [-0.25, -0.2) is 0 Å². The van der Waals surface area contributed by atoms with Gasteiger partial charge in [-0.15, -0.1) is 0 Å². The van der Waals surface area contributed by atoms with Crippen molar-refractivity contribution >= 4 is 40.2 Å². The highest BCUT2D eigenvalue weighted by Crippen LogP contribution is 2.19. The third-order valence-corrected chi connectivity index (χ3v) is 11.3. The number of hydrogen-bond donors (Lipinski definition) is 11. The van der Waals surface area contributed by atoms with E-state index in [1.807, 2.05) is 48.5 Å². The molecule has 0 aliphatic carbocycles. The third-order valence-electron chi connectivity index (χ3n) is 11.3. The molecule has 11 N–H and O–H groups in total. The fourth-order valence-corrected chi connectivity index (χ4v) is 6.82. The average Bonchev–Trinajstić information content (AvgIpc) is 3.24. The molecule has 4 unspecified atom stereocenters. The van der Waals surface area contributed by atoms with Gasteiger partial charge in [-0.1, -0.05) is 97.1 Å². The molecule has 7 atom stereocenters. The lowest BCUT2D eigenvalue weighted by Gasteiger charge is -2.38. The molecular weight excluding hydrogens is 819 g/mol. The van der Waals surface area contributed by atoms with Gasteiger partial charge < -0.3 is 41.7 Å². The van der Waals surface area contributed by atoms with Crippen LogP contribution in [0.4, 0.5) is 0 Å². The van der Waals surface area contributed by atoms with E-state index in [2.05, 4.69) is 37.2 Å². The van der Waals surface area contributed by atoms with Gasteiger partial charge in [0, 0.05) is 11.1 Å². The first-order valence-corrected chi connectivity index (χ1v) is 21.3. The van der Waals surface area contributed by atoms with Crippen molar-refractivity contribution in [1.29, 1.82) is 0 Å². The number of hydrogen-bond acceptors (Lipinski definition) is 12. The van der Waals surface area contributed by atoms with Crippen LogP contribution in [0.5, 0.6) is 0 Å². The standard InChI is InChI=1S/C48H65N7O9/c1-28(50-43(62)46(3,4)54-40(58)36(49-9)27-31-21-22-32-15-13-14-18-35(32)25-31)39(57)53-48(7,8)45(64)52-37(41(59)55-47(5,6)44(63)51-29(2)42(60)61)26-30-19-23-34(24-20-30)38(56)33-16-11-10-12-17-33/h10-25,28-29,36-37,43-45,49-52,62-64H,26-27H2,1-9H3,(H,53,57)(H,54,58)(H,55,59)(H,60,61)/t28?,29?,36?,37?,43-,44-,45-/m1/s1. The second kappa shape index (κ2) is 21.9. The summed E-state index contributed by atoms with van der Waals surface area (Å²) in [7, 11) is 1.68. The van der Waals surface area contributed by atoms with Gasteiger partial charge in [0.1, 0.15) is 24.7 Å². The molecule has 0 saturated heterocycles. The van der Waals surface area contributed by atoms with Gasteiger partial charge in [0.05, 0.1) is 34.7 Å². The van der Waals surface area contributed by atoms with Crippen molar-refractivity contribution in [2.75, 3.05) is 7.05 Å². The van der Waals surface area contributed by atoms with Crippen LogP contribution in [-0.2, 0) is 32.0 Å². The average molecular weight is 884 g/mol.